The van der Waals surface area contributed by atoms with Crippen LogP contribution in [0.4, 0.5) is 0 Å². The normalized spacial score (nSPS) is 14.7. The van der Waals surface area contributed by atoms with Gasteiger partial charge in [-0.3, -0.25) is 0 Å². The Morgan fingerprint density at radius 3 is 1.90 bits per heavy atom. The van der Waals surface area contributed by atoms with Crippen molar-refractivity contribution in [3.05, 3.63) is 71.3 Å². The third-order valence-electron chi connectivity index (χ3n) is 4.47. The molecule has 0 spiro atoms. The summed E-state index contributed by atoms with van der Waals surface area (Å²) >= 11 is 0. The Morgan fingerprint density at radius 2 is 1.38 bits per heavy atom. The molecule has 0 aliphatic heterocycles. The fourth-order valence-corrected chi connectivity index (χ4v) is 3.02. The lowest BCUT2D eigenvalue weighted by Crippen LogP contribution is -2.52. The minimum atomic E-state index is -1.41. The lowest BCUT2D eigenvalue weighted by molar-refractivity contribution is -0.137. The minimum absolute atomic E-state index is 0.475. The van der Waals surface area contributed by atoms with Crippen molar-refractivity contribution >= 4 is 0 Å². The summed E-state index contributed by atoms with van der Waals surface area (Å²) in [6.45, 7) is 5.81. The van der Waals surface area contributed by atoms with Crippen LogP contribution in [-0.2, 0) is 5.60 Å². The van der Waals surface area contributed by atoms with Gasteiger partial charge < -0.3 is 10.2 Å². The van der Waals surface area contributed by atoms with Gasteiger partial charge in [0.05, 0.1) is 0 Å². The van der Waals surface area contributed by atoms with E-state index < -0.39 is 11.2 Å². The first-order valence-corrected chi connectivity index (χ1v) is 7.55. The van der Waals surface area contributed by atoms with Gasteiger partial charge in [-0.2, -0.15) is 0 Å². The molecule has 2 nitrogen and oxygen atoms in total. The van der Waals surface area contributed by atoms with E-state index in [2.05, 4.69) is 0 Å². The van der Waals surface area contributed by atoms with E-state index in [0.717, 1.165) is 16.7 Å². The first-order valence-electron chi connectivity index (χ1n) is 7.55. The average Bonchev–Trinajstić information content (AvgIpc) is 2.54. The molecule has 2 aromatic rings. The Kier molecular flexibility index (Phi) is 4.50. The molecule has 2 rings (SSSR count). The van der Waals surface area contributed by atoms with E-state index in [1.807, 2.05) is 75.4 Å². The van der Waals surface area contributed by atoms with Gasteiger partial charge in [-0.25, -0.2) is 0 Å². The summed E-state index contributed by atoms with van der Waals surface area (Å²) in [6.07, 6.45) is 0.950. The van der Waals surface area contributed by atoms with Gasteiger partial charge in [0.1, 0.15) is 11.2 Å². The molecule has 0 fully saturated rings. The molecule has 0 aliphatic rings. The number of aryl methyl sites for hydroxylation is 1. The third kappa shape index (κ3) is 2.61. The van der Waals surface area contributed by atoms with Gasteiger partial charge in [-0.05, 0) is 30.9 Å². The van der Waals surface area contributed by atoms with Crippen LogP contribution in [0.15, 0.2) is 54.6 Å². The third-order valence-corrected chi connectivity index (χ3v) is 4.47. The number of hydrogen-bond donors (Lipinski definition) is 2. The van der Waals surface area contributed by atoms with Crippen molar-refractivity contribution in [2.45, 2.75) is 44.8 Å². The first-order chi connectivity index (χ1) is 9.98. The molecular formula is C19H24O2. The molecule has 0 amide bonds. The molecule has 1 unspecified atom stereocenters. The van der Waals surface area contributed by atoms with Crippen LogP contribution in [0.3, 0.4) is 0 Å². The summed E-state index contributed by atoms with van der Waals surface area (Å²) in [5, 5.41) is 22.6. The second-order valence-corrected chi connectivity index (χ2v) is 5.68. The Balaban J connectivity index is 2.71. The summed E-state index contributed by atoms with van der Waals surface area (Å²) in [5.41, 5.74) is -0.0931. The van der Waals surface area contributed by atoms with E-state index in [1.165, 1.54) is 0 Å². The van der Waals surface area contributed by atoms with Gasteiger partial charge in [0.2, 0.25) is 0 Å². The predicted molar refractivity (Wildman–Crippen MR) is 86.2 cm³/mol. The lowest BCUT2D eigenvalue weighted by Gasteiger charge is -2.44. The molecule has 2 heteroatoms. The standard InChI is InChI=1S/C19H24O2/c1-4-18(20,5-2)19(21,16-11-7-6-8-12-16)17-13-9-10-15(3)14-17/h6-14,20-21H,4-5H2,1-3H3. The van der Waals surface area contributed by atoms with Gasteiger partial charge >= 0.3 is 0 Å². The molecule has 0 radical (unpaired) electrons. The zero-order valence-corrected chi connectivity index (χ0v) is 13.0. The fraction of sp³-hybridized carbons (Fsp3) is 0.368. The van der Waals surface area contributed by atoms with Crippen LogP contribution < -0.4 is 0 Å². The van der Waals surface area contributed by atoms with E-state index in [4.69, 9.17) is 0 Å². The Bertz CT molecular complexity index is 588. The van der Waals surface area contributed by atoms with Gasteiger partial charge in [0.15, 0.2) is 0 Å². The smallest absolute Gasteiger partial charge is 0.143 e. The SMILES string of the molecule is CCC(O)(CC)C(O)(c1ccccc1)c1cccc(C)c1. The lowest BCUT2D eigenvalue weighted by atomic mass is 9.70. The molecule has 0 saturated carbocycles. The summed E-state index contributed by atoms with van der Waals surface area (Å²) < 4.78 is 0. The molecule has 0 aromatic heterocycles. The second-order valence-electron chi connectivity index (χ2n) is 5.68. The second kappa shape index (κ2) is 6.00. The molecule has 0 saturated heterocycles. The highest BCUT2D eigenvalue weighted by Crippen LogP contribution is 2.43. The first kappa shape index (κ1) is 15.7. The Labute approximate surface area is 127 Å². The maximum atomic E-state index is 11.5. The summed E-state index contributed by atoms with van der Waals surface area (Å²) in [7, 11) is 0. The molecule has 0 bridgehead atoms. The highest BCUT2D eigenvalue weighted by Gasteiger charge is 2.49. The van der Waals surface area contributed by atoms with Crippen molar-refractivity contribution in [3.8, 4) is 0 Å². The van der Waals surface area contributed by atoms with E-state index in [0.29, 0.717) is 12.8 Å². The minimum Gasteiger partial charge on any atom is -0.386 e. The van der Waals surface area contributed by atoms with Crippen LogP contribution in [-0.4, -0.2) is 15.8 Å². The van der Waals surface area contributed by atoms with Crippen LogP contribution in [0.2, 0.25) is 0 Å². The number of rotatable bonds is 5. The van der Waals surface area contributed by atoms with Crippen LogP contribution in [0.5, 0.6) is 0 Å². The van der Waals surface area contributed by atoms with Crippen molar-refractivity contribution in [2.24, 2.45) is 0 Å². The quantitative estimate of drug-likeness (QED) is 0.877. The van der Waals surface area contributed by atoms with E-state index in [1.54, 1.807) is 0 Å². The van der Waals surface area contributed by atoms with Crippen LogP contribution in [0.1, 0.15) is 43.4 Å². The number of hydrogen-bond acceptors (Lipinski definition) is 2. The zero-order chi connectivity index (χ0) is 15.5. The summed E-state index contributed by atoms with van der Waals surface area (Å²) in [6, 6.07) is 17.2. The Morgan fingerprint density at radius 1 is 0.810 bits per heavy atom. The predicted octanol–water partition coefficient (Wildman–Crippen LogP) is 3.78. The van der Waals surface area contributed by atoms with Gasteiger partial charge in [0.25, 0.3) is 0 Å². The van der Waals surface area contributed by atoms with Crippen molar-refractivity contribution < 1.29 is 10.2 Å². The van der Waals surface area contributed by atoms with Gasteiger partial charge in [-0.15, -0.1) is 0 Å². The highest BCUT2D eigenvalue weighted by molar-refractivity contribution is 5.41. The van der Waals surface area contributed by atoms with E-state index >= 15 is 0 Å². The molecule has 0 heterocycles. The maximum absolute atomic E-state index is 11.5. The van der Waals surface area contributed by atoms with Gasteiger partial charge in [0, 0.05) is 0 Å². The van der Waals surface area contributed by atoms with Crippen molar-refractivity contribution in [1.82, 2.24) is 0 Å². The topological polar surface area (TPSA) is 40.5 Å². The average molecular weight is 284 g/mol. The van der Waals surface area contributed by atoms with Crippen molar-refractivity contribution in [2.75, 3.05) is 0 Å². The maximum Gasteiger partial charge on any atom is 0.143 e. The molecule has 112 valence electrons. The van der Waals surface area contributed by atoms with E-state index in [-0.39, 0.29) is 0 Å². The molecule has 0 aliphatic carbocycles. The zero-order valence-electron chi connectivity index (χ0n) is 13.0. The number of benzene rings is 2. The fourth-order valence-electron chi connectivity index (χ4n) is 3.02. The monoisotopic (exact) mass is 284 g/mol. The molecule has 21 heavy (non-hydrogen) atoms. The summed E-state index contributed by atoms with van der Waals surface area (Å²) in [4.78, 5) is 0. The van der Waals surface area contributed by atoms with Crippen LogP contribution in [0.25, 0.3) is 0 Å². The number of aliphatic hydroxyl groups is 2. The molecular weight excluding hydrogens is 260 g/mol. The molecule has 2 N–H and O–H groups in total. The van der Waals surface area contributed by atoms with E-state index in [9.17, 15) is 10.2 Å². The van der Waals surface area contributed by atoms with Crippen molar-refractivity contribution in [1.29, 1.82) is 0 Å². The molecule has 1 atom stereocenters. The van der Waals surface area contributed by atoms with Gasteiger partial charge in [-0.1, -0.05) is 74.0 Å². The summed E-state index contributed by atoms with van der Waals surface area (Å²) in [5.74, 6) is 0. The largest absolute Gasteiger partial charge is 0.386 e. The molecule has 2 aromatic carbocycles. The van der Waals surface area contributed by atoms with Crippen LogP contribution in [0, 0.1) is 6.92 Å². The highest BCUT2D eigenvalue weighted by atomic mass is 16.4. The van der Waals surface area contributed by atoms with Crippen LogP contribution >= 0.6 is 0 Å². The van der Waals surface area contributed by atoms with Crippen molar-refractivity contribution in [3.63, 3.8) is 0 Å². The Hall–Kier alpha value is -1.64.